The molecule has 1 heteroatoms. The number of hydrogen-bond donors (Lipinski definition) is 0. The second-order valence-electron chi connectivity index (χ2n) is 8.33. The lowest BCUT2D eigenvalue weighted by atomic mass is 9.99. The van der Waals surface area contributed by atoms with Crippen LogP contribution in [0.3, 0.4) is 0 Å². The lowest BCUT2D eigenvalue weighted by Gasteiger charge is -2.38. The van der Waals surface area contributed by atoms with E-state index in [0.29, 0.717) is 0 Å². The van der Waals surface area contributed by atoms with Gasteiger partial charge in [0.1, 0.15) is 0 Å². The van der Waals surface area contributed by atoms with Gasteiger partial charge in [0.05, 0.1) is 0 Å². The average molecular weight is 378 g/mol. The number of anilines is 2. The fourth-order valence-corrected chi connectivity index (χ4v) is 3.79. The van der Waals surface area contributed by atoms with Crippen LogP contribution in [-0.2, 0) is 0 Å². The minimum absolute atomic E-state index is 0.0137. The Morgan fingerprint density at radius 1 is 0.414 bits per heavy atom. The smallest absolute Gasteiger partial charge is 0.0416 e. The molecular weight excluding hydrogens is 350 g/mol. The highest BCUT2D eigenvalue weighted by molar-refractivity contribution is 5.73. The largest absolute Gasteiger partial charge is 0.336 e. The van der Waals surface area contributed by atoms with Crippen LogP contribution in [0.2, 0.25) is 0 Å². The van der Waals surface area contributed by atoms with Gasteiger partial charge in [-0.15, -0.1) is 0 Å². The van der Waals surface area contributed by atoms with Gasteiger partial charge in [0.15, 0.2) is 0 Å². The molecule has 0 radical (unpaired) electrons. The first kappa shape index (κ1) is 19.0. The van der Waals surface area contributed by atoms with Crippen LogP contribution in [0.5, 0.6) is 0 Å². The third-order valence-electron chi connectivity index (χ3n) is 5.14. The summed E-state index contributed by atoms with van der Waals surface area (Å²) in [6.45, 7) is 6.74. The third kappa shape index (κ3) is 4.25. The van der Waals surface area contributed by atoms with Crippen molar-refractivity contribution >= 4 is 11.4 Å². The summed E-state index contributed by atoms with van der Waals surface area (Å²) in [7, 11) is 0. The van der Waals surface area contributed by atoms with Crippen molar-refractivity contribution in [1.29, 1.82) is 0 Å². The lowest BCUT2D eigenvalue weighted by Crippen LogP contribution is -2.37. The molecule has 0 N–H and O–H groups in total. The van der Waals surface area contributed by atoms with Gasteiger partial charge in [-0.3, -0.25) is 0 Å². The van der Waals surface area contributed by atoms with Crippen LogP contribution in [0.1, 0.15) is 20.8 Å². The molecule has 4 aromatic carbocycles. The van der Waals surface area contributed by atoms with Crippen molar-refractivity contribution in [2.45, 2.75) is 26.3 Å². The van der Waals surface area contributed by atoms with E-state index in [4.69, 9.17) is 0 Å². The monoisotopic (exact) mass is 377 g/mol. The topological polar surface area (TPSA) is 3.24 Å². The molecule has 29 heavy (non-hydrogen) atoms. The van der Waals surface area contributed by atoms with Crippen LogP contribution in [0.15, 0.2) is 109 Å². The molecule has 0 aliphatic carbocycles. The van der Waals surface area contributed by atoms with Crippen LogP contribution in [-0.4, -0.2) is 5.54 Å². The maximum absolute atomic E-state index is 2.38. The van der Waals surface area contributed by atoms with Gasteiger partial charge in [0, 0.05) is 16.9 Å². The average Bonchev–Trinajstić information content (AvgIpc) is 2.75. The number of para-hydroxylation sites is 1. The van der Waals surface area contributed by atoms with Gasteiger partial charge in [-0.2, -0.15) is 0 Å². The molecule has 0 spiro atoms. The number of rotatable bonds is 4. The second-order valence-corrected chi connectivity index (χ2v) is 8.33. The Kier molecular flexibility index (Phi) is 5.22. The van der Waals surface area contributed by atoms with Crippen LogP contribution < -0.4 is 4.90 Å². The number of nitrogens with zero attached hydrogens (tertiary/aromatic N) is 1. The summed E-state index contributed by atoms with van der Waals surface area (Å²) in [5.41, 5.74) is 7.36. The fourth-order valence-electron chi connectivity index (χ4n) is 3.79. The quantitative estimate of drug-likeness (QED) is 0.349. The Morgan fingerprint density at radius 2 is 0.759 bits per heavy atom. The fraction of sp³-hybridized carbons (Fsp3) is 0.143. The van der Waals surface area contributed by atoms with E-state index in [1.165, 1.54) is 33.6 Å². The van der Waals surface area contributed by atoms with E-state index in [-0.39, 0.29) is 5.54 Å². The Labute approximate surface area is 174 Å². The van der Waals surface area contributed by atoms with E-state index in [0.717, 1.165) is 0 Å². The zero-order chi connectivity index (χ0) is 20.3. The maximum atomic E-state index is 2.38. The zero-order valence-corrected chi connectivity index (χ0v) is 17.3. The molecule has 0 fully saturated rings. The Balaban J connectivity index is 1.62. The van der Waals surface area contributed by atoms with Crippen LogP contribution >= 0.6 is 0 Å². The molecule has 0 amide bonds. The van der Waals surface area contributed by atoms with Crippen molar-refractivity contribution in [2.24, 2.45) is 0 Å². The number of hydrogen-bond acceptors (Lipinski definition) is 1. The molecule has 4 rings (SSSR count). The zero-order valence-electron chi connectivity index (χ0n) is 17.3. The summed E-state index contributed by atoms with van der Waals surface area (Å²) >= 11 is 0. The van der Waals surface area contributed by atoms with Gasteiger partial charge in [0.2, 0.25) is 0 Å². The molecule has 0 atom stereocenters. The van der Waals surface area contributed by atoms with E-state index in [2.05, 4.69) is 135 Å². The van der Waals surface area contributed by atoms with Gasteiger partial charge in [-0.25, -0.2) is 0 Å². The first-order chi connectivity index (χ1) is 14.0. The molecule has 0 aliphatic rings. The Hall–Kier alpha value is -3.32. The molecule has 4 aromatic rings. The summed E-state index contributed by atoms with van der Waals surface area (Å²) in [6, 6.07) is 38.8. The van der Waals surface area contributed by atoms with E-state index in [1.807, 2.05) is 0 Å². The standard InChI is InChI=1S/C28H27N/c1-28(2,3)29(26-12-8-5-9-13-26)27-20-18-25(19-21-27)24-16-14-23(15-17-24)22-10-6-4-7-11-22/h4-21H,1-3H3. The molecule has 1 nitrogen and oxygen atoms in total. The maximum Gasteiger partial charge on any atom is 0.0416 e. The normalized spacial score (nSPS) is 11.3. The minimum Gasteiger partial charge on any atom is -0.336 e. The van der Waals surface area contributed by atoms with Gasteiger partial charge in [-0.05, 0) is 67.3 Å². The molecule has 0 aromatic heterocycles. The molecule has 144 valence electrons. The van der Waals surface area contributed by atoms with Gasteiger partial charge >= 0.3 is 0 Å². The molecular formula is C28H27N. The predicted molar refractivity (Wildman–Crippen MR) is 126 cm³/mol. The summed E-state index contributed by atoms with van der Waals surface area (Å²) in [4.78, 5) is 2.38. The van der Waals surface area contributed by atoms with Crippen molar-refractivity contribution in [1.82, 2.24) is 0 Å². The van der Waals surface area contributed by atoms with E-state index in [9.17, 15) is 0 Å². The summed E-state index contributed by atoms with van der Waals surface area (Å²) in [5.74, 6) is 0. The first-order valence-corrected chi connectivity index (χ1v) is 10.1. The van der Waals surface area contributed by atoms with Crippen molar-refractivity contribution in [2.75, 3.05) is 4.90 Å². The van der Waals surface area contributed by atoms with Crippen LogP contribution in [0.25, 0.3) is 22.3 Å². The van der Waals surface area contributed by atoms with Crippen molar-refractivity contribution in [3.63, 3.8) is 0 Å². The molecule has 0 bridgehead atoms. The lowest BCUT2D eigenvalue weighted by molar-refractivity contribution is 0.560. The molecule has 0 heterocycles. The summed E-state index contributed by atoms with van der Waals surface area (Å²) < 4.78 is 0. The predicted octanol–water partition coefficient (Wildman–Crippen LogP) is 7.96. The van der Waals surface area contributed by atoms with E-state index >= 15 is 0 Å². The van der Waals surface area contributed by atoms with Crippen LogP contribution in [0.4, 0.5) is 11.4 Å². The number of benzene rings is 4. The van der Waals surface area contributed by atoms with E-state index in [1.54, 1.807) is 0 Å². The Morgan fingerprint density at radius 3 is 1.21 bits per heavy atom. The van der Waals surface area contributed by atoms with Crippen molar-refractivity contribution in [3.05, 3.63) is 109 Å². The van der Waals surface area contributed by atoms with Gasteiger partial charge in [-0.1, -0.05) is 84.9 Å². The van der Waals surface area contributed by atoms with Gasteiger partial charge in [0.25, 0.3) is 0 Å². The molecule has 0 saturated heterocycles. The Bertz CT molecular complexity index is 1040. The highest BCUT2D eigenvalue weighted by Crippen LogP contribution is 2.34. The van der Waals surface area contributed by atoms with Gasteiger partial charge < -0.3 is 4.90 Å². The SMILES string of the molecule is CC(C)(C)N(c1ccccc1)c1ccc(-c2ccc(-c3ccccc3)cc2)cc1. The second kappa shape index (κ2) is 7.97. The summed E-state index contributed by atoms with van der Waals surface area (Å²) in [6.07, 6.45) is 0. The molecule has 0 aliphatic heterocycles. The highest BCUT2D eigenvalue weighted by Gasteiger charge is 2.23. The highest BCUT2D eigenvalue weighted by atomic mass is 15.2. The molecule has 0 saturated carbocycles. The van der Waals surface area contributed by atoms with Crippen molar-refractivity contribution < 1.29 is 0 Å². The minimum atomic E-state index is -0.0137. The first-order valence-electron chi connectivity index (χ1n) is 10.1. The summed E-state index contributed by atoms with van der Waals surface area (Å²) in [5, 5.41) is 0. The van der Waals surface area contributed by atoms with Crippen molar-refractivity contribution in [3.8, 4) is 22.3 Å². The van der Waals surface area contributed by atoms with Crippen LogP contribution in [0, 0.1) is 0 Å². The molecule has 0 unspecified atom stereocenters. The third-order valence-corrected chi connectivity index (χ3v) is 5.14. The van der Waals surface area contributed by atoms with E-state index < -0.39 is 0 Å².